The maximum Gasteiger partial charge on any atom is 0.254 e. The van der Waals surface area contributed by atoms with Crippen molar-refractivity contribution in [3.05, 3.63) is 51.1 Å². The normalized spacial score (nSPS) is 11.0. The highest BCUT2D eigenvalue weighted by Crippen LogP contribution is 2.20. The van der Waals surface area contributed by atoms with E-state index < -0.39 is 0 Å². The zero-order valence-electron chi connectivity index (χ0n) is 12.1. The number of halogens is 2. The molecule has 2 heterocycles. The lowest BCUT2D eigenvalue weighted by Gasteiger charge is -2.17. The minimum Gasteiger partial charge on any atom is -0.452 e. The summed E-state index contributed by atoms with van der Waals surface area (Å²) in [6.07, 6.45) is 0. The van der Waals surface area contributed by atoms with E-state index in [2.05, 4.69) is 20.9 Å². The fourth-order valence-corrected chi connectivity index (χ4v) is 2.45. The molecule has 0 saturated heterocycles. The number of amides is 1. The molecular weight excluding hydrogens is 356 g/mol. The predicted molar refractivity (Wildman–Crippen MR) is 85.5 cm³/mol. The summed E-state index contributed by atoms with van der Waals surface area (Å²) in [6.45, 7) is 4.41. The molecule has 0 atom stereocenters. The third-order valence-corrected chi connectivity index (χ3v) is 3.64. The van der Waals surface area contributed by atoms with Crippen LogP contribution >= 0.6 is 27.5 Å². The van der Waals surface area contributed by atoms with Gasteiger partial charge in [-0.15, -0.1) is 0 Å². The highest BCUT2D eigenvalue weighted by Gasteiger charge is 2.16. The van der Waals surface area contributed by atoms with E-state index >= 15 is 0 Å². The molecule has 1 amide bonds. The van der Waals surface area contributed by atoms with Crippen molar-refractivity contribution in [2.45, 2.75) is 26.3 Å². The Balaban J connectivity index is 2.19. The number of carbonyl (C=O) groups is 1. The minimum atomic E-state index is -0.117. The lowest BCUT2D eigenvalue weighted by atomic mass is 10.1. The van der Waals surface area contributed by atoms with E-state index in [0.717, 1.165) is 5.69 Å². The molecule has 0 aromatic carbocycles. The van der Waals surface area contributed by atoms with Crippen LogP contribution < -0.4 is 0 Å². The summed E-state index contributed by atoms with van der Waals surface area (Å²) < 4.78 is 6.06. The number of hydrogen-bond acceptors (Lipinski definition) is 3. The molecule has 0 saturated carbocycles. The van der Waals surface area contributed by atoms with Crippen molar-refractivity contribution in [2.75, 3.05) is 7.05 Å². The van der Waals surface area contributed by atoms with Crippen LogP contribution in [0.4, 0.5) is 0 Å². The van der Waals surface area contributed by atoms with E-state index in [1.165, 1.54) is 0 Å². The second-order valence-corrected chi connectivity index (χ2v) is 6.29. The quantitative estimate of drug-likeness (QED) is 0.744. The maximum absolute atomic E-state index is 12.5. The average Bonchev–Trinajstić information content (AvgIpc) is 2.82. The van der Waals surface area contributed by atoms with Crippen LogP contribution in [0.25, 0.3) is 0 Å². The molecule has 4 nitrogen and oxygen atoms in total. The van der Waals surface area contributed by atoms with Crippen LogP contribution in [0, 0.1) is 0 Å². The summed E-state index contributed by atoms with van der Waals surface area (Å²) >= 11 is 9.24. The van der Waals surface area contributed by atoms with Crippen molar-refractivity contribution in [2.24, 2.45) is 0 Å². The molecular formula is C15H16BrClN2O2. The second-order valence-electron chi connectivity index (χ2n) is 5.13. The topological polar surface area (TPSA) is 46.3 Å². The third-order valence-electron chi connectivity index (χ3n) is 3.02. The molecule has 2 aromatic heterocycles. The summed E-state index contributed by atoms with van der Waals surface area (Å²) in [5.74, 6) is 0.803. The number of aromatic nitrogens is 1. The molecule has 0 radical (unpaired) electrons. The molecule has 0 spiro atoms. The van der Waals surface area contributed by atoms with Gasteiger partial charge in [-0.05, 0) is 46.1 Å². The van der Waals surface area contributed by atoms with E-state index in [1.807, 2.05) is 19.9 Å². The molecule has 2 rings (SSSR count). The van der Waals surface area contributed by atoms with Gasteiger partial charge in [-0.2, -0.15) is 0 Å². The largest absolute Gasteiger partial charge is 0.452 e. The van der Waals surface area contributed by atoms with Crippen molar-refractivity contribution in [3.8, 4) is 0 Å². The number of pyridine rings is 1. The predicted octanol–water partition coefficient (Wildman–Crippen LogP) is 4.49. The maximum atomic E-state index is 12.5. The van der Waals surface area contributed by atoms with Gasteiger partial charge in [0.25, 0.3) is 5.91 Å². The van der Waals surface area contributed by atoms with Gasteiger partial charge in [0.15, 0.2) is 4.67 Å². The summed E-state index contributed by atoms with van der Waals surface area (Å²) in [7, 11) is 1.72. The molecule has 0 fully saturated rings. The summed E-state index contributed by atoms with van der Waals surface area (Å²) in [5.41, 5.74) is 1.34. The van der Waals surface area contributed by atoms with Crippen molar-refractivity contribution in [1.29, 1.82) is 0 Å². The first kappa shape index (κ1) is 16.0. The Morgan fingerprint density at radius 3 is 2.71 bits per heavy atom. The fraction of sp³-hybridized carbons (Fsp3) is 0.333. The van der Waals surface area contributed by atoms with Crippen molar-refractivity contribution in [3.63, 3.8) is 0 Å². The van der Waals surface area contributed by atoms with Gasteiger partial charge in [-0.25, -0.2) is 4.98 Å². The van der Waals surface area contributed by atoms with Crippen LogP contribution in [0.2, 0.25) is 5.15 Å². The fourth-order valence-electron chi connectivity index (χ4n) is 1.90. The first-order chi connectivity index (χ1) is 9.86. The Morgan fingerprint density at radius 1 is 1.43 bits per heavy atom. The van der Waals surface area contributed by atoms with E-state index in [1.54, 1.807) is 30.1 Å². The van der Waals surface area contributed by atoms with Gasteiger partial charge in [0, 0.05) is 18.3 Å². The first-order valence-corrected chi connectivity index (χ1v) is 7.71. The number of nitrogens with zero attached hydrogens (tertiary/aromatic N) is 2. The van der Waals surface area contributed by atoms with Crippen LogP contribution in [0.1, 0.15) is 41.6 Å². The van der Waals surface area contributed by atoms with Crippen molar-refractivity contribution >= 4 is 33.4 Å². The van der Waals surface area contributed by atoms with Crippen LogP contribution in [0.5, 0.6) is 0 Å². The molecule has 6 heteroatoms. The molecule has 0 aliphatic carbocycles. The van der Waals surface area contributed by atoms with Crippen LogP contribution in [-0.4, -0.2) is 22.8 Å². The molecule has 0 bridgehead atoms. The van der Waals surface area contributed by atoms with E-state index in [-0.39, 0.29) is 11.8 Å². The smallest absolute Gasteiger partial charge is 0.254 e. The Hall–Kier alpha value is -1.33. The van der Waals surface area contributed by atoms with Gasteiger partial charge in [0.2, 0.25) is 0 Å². The first-order valence-electron chi connectivity index (χ1n) is 6.54. The Morgan fingerprint density at radius 2 is 2.14 bits per heavy atom. The van der Waals surface area contributed by atoms with Gasteiger partial charge >= 0.3 is 0 Å². The van der Waals surface area contributed by atoms with Crippen LogP contribution in [-0.2, 0) is 6.54 Å². The number of furan rings is 1. The Bertz CT molecular complexity index is 655. The van der Waals surface area contributed by atoms with E-state index in [4.69, 9.17) is 16.0 Å². The third kappa shape index (κ3) is 4.08. The number of carbonyl (C=O) groups excluding carboxylic acids is 1. The molecule has 112 valence electrons. The molecule has 0 aliphatic rings. The molecule has 21 heavy (non-hydrogen) atoms. The molecule has 0 N–H and O–H groups in total. The number of rotatable bonds is 4. The van der Waals surface area contributed by atoms with Crippen LogP contribution in [0.3, 0.4) is 0 Å². The van der Waals surface area contributed by atoms with E-state index in [9.17, 15) is 4.79 Å². The second kappa shape index (κ2) is 6.62. The van der Waals surface area contributed by atoms with Gasteiger partial charge in [-0.3, -0.25) is 4.79 Å². The van der Waals surface area contributed by atoms with E-state index in [0.29, 0.717) is 27.7 Å². The highest BCUT2D eigenvalue weighted by molar-refractivity contribution is 9.10. The zero-order valence-corrected chi connectivity index (χ0v) is 14.4. The number of hydrogen-bond donors (Lipinski definition) is 0. The highest BCUT2D eigenvalue weighted by atomic mass is 79.9. The van der Waals surface area contributed by atoms with Crippen molar-refractivity contribution in [1.82, 2.24) is 9.88 Å². The van der Waals surface area contributed by atoms with Crippen molar-refractivity contribution < 1.29 is 9.21 Å². The summed E-state index contributed by atoms with van der Waals surface area (Å²) in [5, 5.41) is 0.332. The molecule has 0 unspecified atom stereocenters. The minimum absolute atomic E-state index is 0.117. The van der Waals surface area contributed by atoms with Crippen LogP contribution in [0.15, 0.2) is 33.4 Å². The molecule has 2 aromatic rings. The standard InChI is InChI=1S/C15H16BrClN2O2/c1-9(2)12-6-10(7-14(17)18-12)15(20)19(3)8-11-4-5-13(16)21-11/h4-7,9H,8H2,1-3H3. The van der Waals surface area contributed by atoms with Gasteiger partial charge in [0.05, 0.1) is 6.54 Å². The average molecular weight is 372 g/mol. The summed E-state index contributed by atoms with van der Waals surface area (Å²) in [4.78, 5) is 18.3. The van der Waals surface area contributed by atoms with Gasteiger partial charge in [0.1, 0.15) is 10.9 Å². The molecule has 0 aliphatic heterocycles. The SMILES string of the molecule is CC(C)c1cc(C(=O)N(C)Cc2ccc(Br)o2)cc(Cl)n1. The monoisotopic (exact) mass is 370 g/mol. The summed E-state index contributed by atoms with van der Waals surface area (Å²) in [6, 6.07) is 7.00. The van der Waals surface area contributed by atoms with Gasteiger partial charge in [-0.1, -0.05) is 25.4 Å². The lowest BCUT2D eigenvalue weighted by molar-refractivity contribution is 0.0774. The Kier molecular flexibility index (Phi) is 5.06. The zero-order chi connectivity index (χ0) is 15.6. The van der Waals surface area contributed by atoms with Gasteiger partial charge < -0.3 is 9.32 Å². The Labute approximate surface area is 137 Å². The lowest BCUT2D eigenvalue weighted by Crippen LogP contribution is -2.26.